The van der Waals surface area contributed by atoms with Crippen molar-refractivity contribution in [2.45, 2.75) is 26.9 Å². The molecule has 1 atom stereocenters. The minimum Gasteiger partial charge on any atom is -0.451 e. The molecule has 0 fully saturated rings. The van der Waals surface area contributed by atoms with Gasteiger partial charge in [0.2, 0.25) is 0 Å². The fourth-order valence-corrected chi connectivity index (χ4v) is 3.71. The first-order valence-corrected chi connectivity index (χ1v) is 8.64. The number of esters is 1. The number of carbonyl (C=O) groups excluding carboxylic acids is 1. The SMILES string of the molecule is Cc1sc2nc([C@@H](C)OC(=O)c3c(F)cccc3Cl)[nH]c(=O)c2c1C. The van der Waals surface area contributed by atoms with E-state index in [2.05, 4.69) is 9.97 Å². The summed E-state index contributed by atoms with van der Waals surface area (Å²) in [4.78, 5) is 33.1. The highest BCUT2D eigenvalue weighted by Gasteiger charge is 2.22. The first-order valence-electron chi connectivity index (χ1n) is 7.44. The van der Waals surface area contributed by atoms with Gasteiger partial charge >= 0.3 is 5.97 Å². The van der Waals surface area contributed by atoms with E-state index in [9.17, 15) is 14.0 Å². The maximum Gasteiger partial charge on any atom is 0.343 e. The van der Waals surface area contributed by atoms with E-state index in [0.717, 1.165) is 16.5 Å². The summed E-state index contributed by atoms with van der Waals surface area (Å²) in [6, 6.07) is 3.91. The Morgan fingerprint density at radius 1 is 1.40 bits per heavy atom. The molecule has 0 aliphatic heterocycles. The summed E-state index contributed by atoms with van der Waals surface area (Å²) < 4.78 is 19.0. The van der Waals surface area contributed by atoms with Crippen LogP contribution in [-0.4, -0.2) is 15.9 Å². The van der Waals surface area contributed by atoms with Crippen molar-refractivity contribution in [1.29, 1.82) is 0 Å². The van der Waals surface area contributed by atoms with Crippen LogP contribution in [0.3, 0.4) is 0 Å². The Labute approximate surface area is 151 Å². The quantitative estimate of drug-likeness (QED) is 0.687. The van der Waals surface area contributed by atoms with Crippen LogP contribution in [0.2, 0.25) is 5.02 Å². The Hall–Kier alpha value is -2.25. The van der Waals surface area contributed by atoms with Crippen molar-refractivity contribution in [3.8, 4) is 0 Å². The molecular weight excluding hydrogens is 367 g/mol. The van der Waals surface area contributed by atoms with Crippen LogP contribution >= 0.6 is 22.9 Å². The Morgan fingerprint density at radius 3 is 2.80 bits per heavy atom. The number of thiophene rings is 1. The molecule has 130 valence electrons. The maximum absolute atomic E-state index is 13.8. The first kappa shape index (κ1) is 17.6. The number of ether oxygens (including phenoxy) is 1. The highest BCUT2D eigenvalue weighted by molar-refractivity contribution is 7.18. The lowest BCUT2D eigenvalue weighted by Gasteiger charge is -2.13. The molecule has 5 nitrogen and oxygen atoms in total. The van der Waals surface area contributed by atoms with Gasteiger partial charge in [0, 0.05) is 4.88 Å². The van der Waals surface area contributed by atoms with Crippen LogP contribution in [0, 0.1) is 19.7 Å². The normalized spacial score (nSPS) is 12.4. The van der Waals surface area contributed by atoms with Crippen molar-refractivity contribution in [3.05, 3.63) is 61.2 Å². The lowest BCUT2D eigenvalue weighted by atomic mass is 10.2. The van der Waals surface area contributed by atoms with E-state index in [1.54, 1.807) is 6.92 Å². The number of carbonyl (C=O) groups is 1. The summed E-state index contributed by atoms with van der Waals surface area (Å²) in [7, 11) is 0. The number of rotatable bonds is 3. The van der Waals surface area contributed by atoms with Gasteiger partial charge in [-0.25, -0.2) is 14.2 Å². The van der Waals surface area contributed by atoms with Crippen LogP contribution in [0.5, 0.6) is 0 Å². The number of nitrogens with one attached hydrogen (secondary N) is 1. The van der Waals surface area contributed by atoms with E-state index in [1.165, 1.54) is 23.5 Å². The Kier molecular flexibility index (Phi) is 4.62. The van der Waals surface area contributed by atoms with Crippen LogP contribution < -0.4 is 5.56 Å². The predicted octanol–water partition coefficient (Wildman–Crippen LogP) is 4.31. The monoisotopic (exact) mass is 380 g/mol. The molecule has 0 bridgehead atoms. The molecule has 0 radical (unpaired) electrons. The van der Waals surface area contributed by atoms with Gasteiger partial charge in [-0.2, -0.15) is 0 Å². The molecular formula is C17H14ClFN2O3S. The topological polar surface area (TPSA) is 72.0 Å². The summed E-state index contributed by atoms with van der Waals surface area (Å²) >= 11 is 7.26. The van der Waals surface area contributed by atoms with E-state index in [0.29, 0.717) is 10.2 Å². The standard InChI is InChI=1S/C17H14ClFN2O3S/c1-7-9(3)25-16-12(7)15(22)20-14(21-16)8(2)24-17(23)13-10(18)5-4-6-11(13)19/h4-6,8H,1-3H3,(H,20,21,22)/t8-/m1/s1. The Balaban J connectivity index is 1.94. The van der Waals surface area contributed by atoms with Gasteiger partial charge < -0.3 is 9.72 Å². The molecule has 25 heavy (non-hydrogen) atoms. The van der Waals surface area contributed by atoms with Crippen LogP contribution in [0.15, 0.2) is 23.0 Å². The summed E-state index contributed by atoms with van der Waals surface area (Å²) in [5.41, 5.74) is 0.235. The molecule has 0 aliphatic carbocycles. The summed E-state index contributed by atoms with van der Waals surface area (Å²) in [5, 5.41) is 0.487. The summed E-state index contributed by atoms with van der Waals surface area (Å²) in [6.45, 7) is 5.31. The van der Waals surface area contributed by atoms with Crippen LogP contribution in [0.1, 0.15) is 39.7 Å². The van der Waals surface area contributed by atoms with E-state index >= 15 is 0 Å². The number of benzene rings is 1. The largest absolute Gasteiger partial charge is 0.451 e. The van der Waals surface area contributed by atoms with Crippen molar-refractivity contribution in [3.63, 3.8) is 0 Å². The number of nitrogens with zero attached hydrogens (tertiary/aromatic N) is 1. The molecule has 3 aromatic rings. The van der Waals surface area contributed by atoms with Gasteiger partial charge in [0.05, 0.1) is 10.4 Å². The molecule has 0 aliphatic rings. The van der Waals surface area contributed by atoms with Crippen molar-refractivity contribution >= 4 is 39.1 Å². The van der Waals surface area contributed by atoms with Gasteiger partial charge in [-0.15, -0.1) is 11.3 Å². The minimum absolute atomic E-state index is 0.0430. The van der Waals surface area contributed by atoms with Gasteiger partial charge in [-0.3, -0.25) is 4.79 Å². The molecule has 2 aromatic heterocycles. The number of aromatic amines is 1. The minimum atomic E-state index is -0.920. The maximum atomic E-state index is 13.8. The van der Waals surface area contributed by atoms with Crippen molar-refractivity contribution in [2.75, 3.05) is 0 Å². The van der Waals surface area contributed by atoms with Crippen LogP contribution in [0.25, 0.3) is 10.2 Å². The van der Waals surface area contributed by atoms with Gasteiger partial charge in [0.1, 0.15) is 16.2 Å². The number of aromatic nitrogens is 2. The fourth-order valence-electron chi connectivity index (χ4n) is 2.43. The fraction of sp³-hybridized carbons (Fsp3) is 0.235. The molecule has 8 heteroatoms. The zero-order valence-corrected chi connectivity index (χ0v) is 15.2. The number of H-pyrrole nitrogens is 1. The average molecular weight is 381 g/mol. The van der Waals surface area contributed by atoms with Crippen molar-refractivity contribution < 1.29 is 13.9 Å². The molecule has 1 N–H and O–H groups in total. The number of aryl methyl sites for hydroxylation is 2. The number of hydrogen-bond acceptors (Lipinski definition) is 5. The smallest absolute Gasteiger partial charge is 0.343 e. The Morgan fingerprint density at radius 2 is 2.12 bits per heavy atom. The highest BCUT2D eigenvalue weighted by atomic mass is 35.5. The molecule has 1 aromatic carbocycles. The van der Waals surface area contributed by atoms with Gasteiger partial charge in [0.15, 0.2) is 11.9 Å². The van der Waals surface area contributed by atoms with E-state index in [4.69, 9.17) is 16.3 Å². The summed E-state index contributed by atoms with van der Waals surface area (Å²) in [5.74, 6) is -1.50. The zero-order valence-electron chi connectivity index (χ0n) is 13.6. The Bertz CT molecular complexity index is 1020. The lowest BCUT2D eigenvalue weighted by Crippen LogP contribution is -2.18. The lowest BCUT2D eigenvalue weighted by molar-refractivity contribution is 0.0315. The van der Waals surface area contributed by atoms with Gasteiger partial charge in [-0.05, 0) is 38.5 Å². The van der Waals surface area contributed by atoms with E-state index in [1.807, 2.05) is 13.8 Å². The average Bonchev–Trinajstić information content (AvgIpc) is 2.82. The second-order valence-electron chi connectivity index (χ2n) is 5.56. The molecule has 0 amide bonds. The first-order chi connectivity index (χ1) is 11.8. The molecule has 0 spiro atoms. The van der Waals surface area contributed by atoms with Crippen molar-refractivity contribution in [1.82, 2.24) is 9.97 Å². The number of fused-ring (bicyclic) bond motifs is 1. The third-order valence-electron chi connectivity index (χ3n) is 3.89. The van der Waals surface area contributed by atoms with E-state index in [-0.39, 0.29) is 22.0 Å². The molecule has 3 rings (SSSR count). The van der Waals surface area contributed by atoms with Crippen LogP contribution in [0.4, 0.5) is 4.39 Å². The summed E-state index contributed by atoms with van der Waals surface area (Å²) in [6.07, 6.45) is -0.872. The molecule has 2 heterocycles. The van der Waals surface area contributed by atoms with Crippen LogP contribution in [-0.2, 0) is 4.74 Å². The molecule has 0 saturated carbocycles. The van der Waals surface area contributed by atoms with E-state index < -0.39 is 17.9 Å². The molecule has 0 saturated heterocycles. The second-order valence-corrected chi connectivity index (χ2v) is 7.17. The van der Waals surface area contributed by atoms with Crippen molar-refractivity contribution in [2.24, 2.45) is 0 Å². The zero-order chi connectivity index (χ0) is 18.3. The predicted molar refractivity (Wildman–Crippen MR) is 95.0 cm³/mol. The van der Waals surface area contributed by atoms with Gasteiger partial charge in [0.25, 0.3) is 5.56 Å². The third-order valence-corrected chi connectivity index (χ3v) is 5.31. The third kappa shape index (κ3) is 3.17. The molecule has 0 unspecified atom stereocenters. The number of halogens is 2. The number of hydrogen-bond donors (Lipinski definition) is 1. The van der Waals surface area contributed by atoms with Gasteiger partial charge in [-0.1, -0.05) is 17.7 Å². The highest BCUT2D eigenvalue weighted by Crippen LogP contribution is 2.27. The second kappa shape index (κ2) is 6.57.